The van der Waals surface area contributed by atoms with Gasteiger partial charge in [-0.25, -0.2) is 12.8 Å². The summed E-state index contributed by atoms with van der Waals surface area (Å²) in [5, 5.41) is -0.159. The van der Waals surface area contributed by atoms with E-state index in [1.165, 1.54) is 30.3 Å². The van der Waals surface area contributed by atoms with Crippen LogP contribution >= 0.6 is 11.6 Å². The SMILES string of the molecule is COCCOc1ccc(S(=O)(=O)Nc2cccc(Cl)c2F)cc1C. The number of benzene rings is 2. The molecule has 0 aromatic heterocycles. The number of ether oxygens (including phenoxy) is 2. The molecule has 5 nitrogen and oxygen atoms in total. The minimum atomic E-state index is -3.95. The third-order valence-electron chi connectivity index (χ3n) is 3.20. The molecule has 0 bridgehead atoms. The van der Waals surface area contributed by atoms with Gasteiger partial charge in [0, 0.05) is 7.11 Å². The summed E-state index contributed by atoms with van der Waals surface area (Å²) >= 11 is 5.66. The Morgan fingerprint density at radius 1 is 1.21 bits per heavy atom. The maximum atomic E-state index is 13.9. The smallest absolute Gasteiger partial charge is 0.262 e. The number of hydrogen-bond acceptors (Lipinski definition) is 4. The molecule has 0 atom stereocenters. The Labute approximate surface area is 145 Å². The lowest BCUT2D eigenvalue weighted by Gasteiger charge is -2.12. The molecule has 2 aromatic rings. The van der Waals surface area contributed by atoms with Crippen LogP contribution in [0.15, 0.2) is 41.3 Å². The molecule has 0 aliphatic rings. The lowest BCUT2D eigenvalue weighted by atomic mass is 10.2. The summed E-state index contributed by atoms with van der Waals surface area (Å²) in [5.41, 5.74) is 0.432. The number of anilines is 1. The number of nitrogens with one attached hydrogen (secondary N) is 1. The summed E-state index contributed by atoms with van der Waals surface area (Å²) in [5.74, 6) is -0.265. The zero-order valence-electron chi connectivity index (χ0n) is 13.2. The van der Waals surface area contributed by atoms with E-state index in [0.717, 1.165) is 0 Å². The Balaban J connectivity index is 2.23. The van der Waals surface area contributed by atoms with E-state index in [4.69, 9.17) is 21.1 Å². The van der Waals surface area contributed by atoms with Crippen molar-refractivity contribution in [2.45, 2.75) is 11.8 Å². The molecule has 0 saturated heterocycles. The second kappa shape index (κ2) is 7.83. The lowest BCUT2D eigenvalue weighted by molar-refractivity contribution is 0.146. The molecule has 0 heterocycles. The minimum Gasteiger partial charge on any atom is -0.491 e. The normalized spacial score (nSPS) is 11.3. The summed E-state index contributed by atoms with van der Waals surface area (Å²) in [6.07, 6.45) is 0. The van der Waals surface area contributed by atoms with Gasteiger partial charge in [0.15, 0.2) is 5.82 Å². The molecule has 2 rings (SSSR count). The van der Waals surface area contributed by atoms with E-state index in [2.05, 4.69) is 4.72 Å². The highest BCUT2D eigenvalue weighted by Crippen LogP contribution is 2.26. The van der Waals surface area contributed by atoms with Crippen molar-refractivity contribution in [1.29, 1.82) is 0 Å². The monoisotopic (exact) mass is 373 g/mol. The average Bonchev–Trinajstić information content (AvgIpc) is 2.53. The van der Waals surface area contributed by atoms with E-state index in [0.29, 0.717) is 24.5 Å². The molecule has 1 N–H and O–H groups in total. The molecule has 0 spiro atoms. The van der Waals surface area contributed by atoms with Crippen molar-refractivity contribution in [3.05, 3.63) is 52.8 Å². The molecule has 0 fully saturated rings. The summed E-state index contributed by atoms with van der Waals surface area (Å²) in [7, 11) is -2.38. The zero-order chi connectivity index (χ0) is 17.7. The standard InChI is InChI=1S/C16H17ClFNO4S/c1-11-10-12(6-7-15(11)23-9-8-22-2)24(20,21)19-14-5-3-4-13(17)16(14)18/h3-7,10,19H,8-9H2,1-2H3. The topological polar surface area (TPSA) is 64.6 Å². The molecule has 24 heavy (non-hydrogen) atoms. The van der Waals surface area contributed by atoms with E-state index in [9.17, 15) is 12.8 Å². The first-order valence-corrected chi connectivity index (χ1v) is 8.90. The number of halogens is 2. The molecule has 0 saturated carbocycles. The molecule has 0 radical (unpaired) electrons. The Morgan fingerprint density at radius 3 is 2.62 bits per heavy atom. The largest absolute Gasteiger partial charge is 0.491 e. The Hall–Kier alpha value is -1.83. The van der Waals surface area contributed by atoms with Crippen LogP contribution in [0.25, 0.3) is 0 Å². The molecule has 0 aliphatic carbocycles. The third kappa shape index (κ3) is 4.37. The van der Waals surface area contributed by atoms with E-state index in [-0.39, 0.29) is 15.6 Å². The molecule has 0 unspecified atom stereocenters. The second-order valence-corrected chi connectivity index (χ2v) is 7.07. The molecule has 8 heteroatoms. The average molecular weight is 374 g/mol. The maximum Gasteiger partial charge on any atom is 0.262 e. The summed E-state index contributed by atoms with van der Waals surface area (Å²) in [4.78, 5) is -0.00142. The van der Waals surface area contributed by atoms with Gasteiger partial charge in [-0.1, -0.05) is 17.7 Å². The van der Waals surface area contributed by atoms with Crippen molar-refractivity contribution >= 4 is 27.3 Å². The van der Waals surface area contributed by atoms with Gasteiger partial charge in [-0.15, -0.1) is 0 Å². The van der Waals surface area contributed by atoms with Gasteiger partial charge in [-0.2, -0.15) is 0 Å². The van der Waals surface area contributed by atoms with Gasteiger partial charge in [-0.3, -0.25) is 4.72 Å². The van der Waals surface area contributed by atoms with Gasteiger partial charge in [0.05, 0.1) is 22.2 Å². The van der Waals surface area contributed by atoms with Crippen molar-refractivity contribution in [3.63, 3.8) is 0 Å². The molecule has 2 aromatic carbocycles. The van der Waals surface area contributed by atoms with Crippen LogP contribution in [-0.4, -0.2) is 28.7 Å². The van der Waals surface area contributed by atoms with Crippen molar-refractivity contribution in [2.75, 3.05) is 25.0 Å². The zero-order valence-corrected chi connectivity index (χ0v) is 14.7. The van der Waals surface area contributed by atoms with Gasteiger partial charge in [0.2, 0.25) is 0 Å². The van der Waals surface area contributed by atoms with Crippen LogP contribution in [0, 0.1) is 12.7 Å². The van der Waals surface area contributed by atoms with Crippen LogP contribution in [0.1, 0.15) is 5.56 Å². The summed E-state index contributed by atoms with van der Waals surface area (Å²) in [6.45, 7) is 2.51. The highest BCUT2D eigenvalue weighted by atomic mass is 35.5. The molecular weight excluding hydrogens is 357 g/mol. The van der Waals surface area contributed by atoms with Crippen LogP contribution in [0.5, 0.6) is 5.75 Å². The summed E-state index contributed by atoms with van der Waals surface area (Å²) in [6, 6.07) is 8.49. The number of aryl methyl sites for hydroxylation is 1. The van der Waals surface area contributed by atoms with Crippen LogP contribution < -0.4 is 9.46 Å². The predicted molar refractivity (Wildman–Crippen MR) is 90.8 cm³/mol. The Kier molecular flexibility index (Phi) is 6.04. The van der Waals surface area contributed by atoms with Crippen LogP contribution in [0.4, 0.5) is 10.1 Å². The van der Waals surface area contributed by atoms with Gasteiger partial charge in [-0.05, 0) is 42.8 Å². The van der Waals surface area contributed by atoms with Crippen molar-refractivity contribution < 1.29 is 22.3 Å². The minimum absolute atomic E-state index is 0.00142. The van der Waals surface area contributed by atoms with Crippen LogP contribution in [0.2, 0.25) is 5.02 Å². The first kappa shape index (κ1) is 18.5. The Morgan fingerprint density at radius 2 is 1.96 bits per heavy atom. The molecule has 0 aliphatic heterocycles. The first-order chi connectivity index (χ1) is 11.3. The molecular formula is C16H17ClFNO4S. The number of sulfonamides is 1. The van der Waals surface area contributed by atoms with E-state index in [1.807, 2.05) is 0 Å². The van der Waals surface area contributed by atoms with Gasteiger partial charge < -0.3 is 9.47 Å². The maximum absolute atomic E-state index is 13.9. The van der Waals surface area contributed by atoms with E-state index < -0.39 is 15.8 Å². The first-order valence-electron chi connectivity index (χ1n) is 7.04. The number of hydrogen-bond donors (Lipinski definition) is 1. The predicted octanol–water partition coefficient (Wildman–Crippen LogP) is 3.61. The summed E-state index contributed by atoms with van der Waals surface area (Å²) < 4.78 is 51.3. The highest BCUT2D eigenvalue weighted by Gasteiger charge is 2.18. The fourth-order valence-corrected chi connectivity index (χ4v) is 3.29. The molecule has 0 amide bonds. The van der Waals surface area contributed by atoms with Crippen molar-refractivity contribution in [2.24, 2.45) is 0 Å². The van der Waals surface area contributed by atoms with Gasteiger partial charge in [0.25, 0.3) is 10.0 Å². The van der Waals surface area contributed by atoms with Crippen molar-refractivity contribution in [3.8, 4) is 5.75 Å². The highest BCUT2D eigenvalue weighted by molar-refractivity contribution is 7.92. The second-order valence-electron chi connectivity index (χ2n) is 4.98. The number of methoxy groups -OCH3 is 1. The fraction of sp³-hybridized carbons (Fsp3) is 0.250. The van der Waals surface area contributed by atoms with E-state index in [1.54, 1.807) is 20.1 Å². The third-order valence-corrected chi connectivity index (χ3v) is 4.85. The van der Waals surface area contributed by atoms with E-state index >= 15 is 0 Å². The van der Waals surface area contributed by atoms with Crippen LogP contribution in [-0.2, 0) is 14.8 Å². The lowest BCUT2D eigenvalue weighted by Crippen LogP contribution is -2.14. The van der Waals surface area contributed by atoms with Crippen molar-refractivity contribution in [1.82, 2.24) is 0 Å². The van der Waals surface area contributed by atoms with Gasteiger partial charge in [0.1, 0.15) is 12.4 Å². The fourth-order valence-electron chi connectivity index (χ4n) is 1.97. The number of rotatable bonds is 7. The Bertz CT molecular complexity index is 827. The molecule has 130 valence electrons. The quantitative estimate of drug-likeness (QED) is 0.753. The van der Waals surface area contributed by atoms with Gasteiger partial charge >= 0.3 is 0 Å². The van der Waals surface area contributed by atoms with Crippen LogP contribution in [0.3, 0.4) is 0 Å².